The zero-order valence-corrected chi connectivity index (χ0v) is 11.9. The largest absolute Gasteiger partial charge is 0.457 e. The third kappa shape index (κ3) is 3.28. The number of halogens is 1. The van der Waals surface area contributed by atoms with Crippen molar-refractivity contribution in [2.45, 2.75) is 26.3 Å². The van der Waals surface area contributed by atoms with Gasteiger partial charge in [-0.15, -0.1) is 0 Å². The molecule has 2 rings (SSSR count). The number of benzene rings is 2. The normalized spacial score (nSPS) is 10.8. The van der Waals surface area contributed by atoms with E-state index >= 15 is 0 Å². The highest BCUT2D eigenvalue weighted by atomic mass is 35.5. The Morgan fingerprint density at radius 2 is 1.89 bits per heavy atom. The molecular formula is C16H18ClNO. The molecule has 0 bridgehead atoms. The van der Waals surface area contributed by atoms with Crippen molar-refractivity contribution in [3.05, 3.63) is 58.6 Å². The molecule has 0 atom stereocenters. The summed E-state index contributed by atoms with van der Waals surface area (Å²) in [6.45, 7) is 4.72. The Balaban J connectivity index is 2.29. The zero-order valence-electron chi connectivity index (χ0n) is 11.2. The Bertz CT molecular complexity index is 566. The molecule has 0 fully saturated rings. The van der Waals surface area contributed by atoms with Crippen LogP contribution >= 0.6 is 11.6 Å². The van der Waals surface area contributed by atoms with E-state index in [1.54, 1.807) is 6.07 Å². The molecule has 0 unspecified atom stereocenters. The Morgan fingerprint density at radius 1 is 1.16 bits per heavy atom. The molecular weight excluding hydrogens is 258 g/mol. The molecule has 0 heterocycles. The summed E-state index contributed by atoms with van der Waals surface area (Å²) in [5.74, 6) is 2.01. The predicted octanol–water partition coefficient (Wildman–Crippen LogP) is 4.71. The fourth-order valence-corrected chi connectivity index (χ4v) is 2.18. The second-order valence-corrected chi connectivity index (χ2v) is 5.16. The summed E-state index contributed by atoms with van der Waals surface area (Å²) in [5.41, 5.74) is 7.70. The molecule has 0 saturated carbocycles. The SMILES string of the molecule is CC(C)c1ccccc1Oc1ccc(CN)c(Cl)c1. The maximum absolute atomic E-state index is 6.14. The van der Waals surface area contributed by atoms with Crippen molar-refractivity contribution in [3.8, 4) is 11.5 Å². The molecule has 0 spiro atoms. The van der Waals surface area contributed by atoms with Gasteiger partial charge in [0.25, 0.3) is 0 Å². The van der Waals surface area contributed by atoms with E-state index in [4.69, 9.17) is 22.1 Å². The molecule has 2 aromatic carbocycles. The van der Waals surface area contributed by atoms with Gasteiger partial charge in [-0.25, -0.2) is 0 Å². The van der Waals surface area contributed by atoms with E-state index in [9.17, 15) is 0 Å². The summed E-state index contributed by atoms with van der Waals surface area (Å²) in [6, 6.07) is 13.6. The molecule has 0 radical (unpaired) electrons. The van der Waals surface area contributed by atoms with Crippen molar-refractivity contribution >= 4 is 11.6 Å². The van der Waals surface area contributed by atoms with E-state index in [1.165, 1.54) is 5.56 Å². The topological polar surface area (TPSA) is 35.2 Å². The molecule has 0 aromatic heterocycles. The van der Waals surface area contributed by atoms with Gasteiger partial charge in [0.05, 0.1) is 0 Å². The van der Waals surface area contributed by atoms with Crippen molar-refractivity contribution in [1.82, 2.24) is 0 Å². The van der Waals surface area contributed by atoms with Crippen LogP contribution in [0.4, 0.5) is 0 Å². The molecule has 0 aliphatic rings. The lowest BCUT2D eigenvalue weighted by Crippen LogP contribution is -1.98. The molecule has 2 nitrogen and oxygen atoms in total. The van der Waals surface area contributed by atoms with Gasteiger partial charge in [-0.3, -0.25) is 0 Å². The molecule has 0 saturated heterocycles. The highest BCUT2D eigenvalue weighted by molar-refractivity contribution is 6.31. The second kappa shape index (κ2) is 6.09. The molecule has 2 N–H and O–H groups in total. The molecule has 3 heteroatoms. The number of rotatable bonds is 4. The first kappa shape index (κ1) is 13.9. The van der Waals surface area contributed by atoms with Gasteiger partial charge in [-0.1, -0.05) is 49.7 Å². The molecule has 19 heavy (non-hydrogen) atoms. The van der Waals surface area contributed by atoms with Gasteiger partial charge in [0.2, 0.25) is 0 Å². The fraction of sp³-hybridized carbons (Fsp3) is 0.250. The van der Waals surface area contributed by atoms with Crippen LogP contribution in [-0.4, -0.2) is 0 Å². The zero-order chi connectivity index (χ0) is 13.8. The maximum atomic E-state index is 6.14. The first-order chi connectivity index (χ1) is 9.11. The number of ether oxygens (including phenoxy) is 1. The lowest BCUT2D eigenvalue weighted by molar-refractivity contribution is 0.473. The van der Waals surface area contributed by atoms with E-state index in [0.29, 0.717) is 17.5 Å². The Morgan fingerprint density at radius 3 is 2.53 bits per heavy atom. The van der Waals surface area contributed by atoms with Crippen LogP contribution in [0, 0.1) is 0 Å². The number of hydrogen-bond acceptors (Lipinski definition) is 2. The van der Waals surface area contributed by atoms with Crippen LogP contribution in [-0.2, 0) is 6.54 Å². The van der Waals surface area contributed by atoms with E-state index < -0.39 is 0 Å². The van der Waals surface area contributed by atoms with E-state index in [2.05, 4.69) is 19.9 Å². The van der Waals surface area contributed by atoms with Gasteiger partial charge in [-0.2, -0.15) is 0 Å². The van der Waals surface area contributed by atoms with Crippen molar-refractivity contribution in [2.75, 3.05) is 0 Å². The third-order valence-electron chi connectivity index (χ3n) is 3.01. The van der Waals surface area contributed by atoms with E-state index in [-0.39, 0.29) is 0 Å². The van der Waals surface area contributed by atoms with Crippen molar-refractivity contribution in [3.63, 3.8) is 0 Å². The second-order valence-electron chi connectivity index (χ2n) is 4.75. The summed E-state index contributed by atoms with van der Waals surface area (Å²) in [5, 5.41) is 0.641. The van der Waals surface area contributed by atoms with Crippen LogP contribution < -0.4 is 10.5 Å². The lowest BCUT2D eigenvalue weighted by Gasteiger charge is -2.14. The molecule has 0 amide bonds. The highest BCUT2D eigenvalue weighted by Crippen LogP contribution is 2.32. The Hall–Kier alpha value is -1.51. The first-order valence-corrected chi connectivity index (χ1v) is 6.75. The van der Waals surface area contributed by atoms with Crippen molar-refractivity contribution in [1.29, 1.82) is 0 Å². The minimum absolute atomic E-state index is 0.412. The maximum Gasteiger partial charge on any atom is 0.130 e. The van der Waals surface area contributed by atoms with Crippen LogP contribution in [0.2, 0.25) is 5.02 Å². The standard InChI is InChI=1S/C16H18ClNO/c1-11(2)14-5-3-4-6-16(14)19-13-8-7-12(10-18)15(17)9-13/h3-9,11H,10,18H2,1-2H3. The van der Waals surface area contributed by atoms with Crippen LogP contribution in [0.15, 0.2) is 42.5 Å². The summed E-state index contributed by atoms with van der Waals surface area (Å²) < 4.78 is 5.93. The highest BCUT2D eigenvalue weighted by Gasteiger charge is 2.08. The molecule has 0 aliphatic carbocycles. The van der Waals surface area contributed by atoms with Gasteiger partial charge < -0.3 is 10.5 Å². The average molecular weight is 276 g/mol. The number of nitrogens with two attached hydrogens (primary N) is 1. The quantitative estimate of drug-likeness (QED) is 0.877. The summed E-state index contributed by atoms with van der Waals surface area (Å²) in [6.07, 6.45) is 0. The summed E-state index contributed by atoms with van der Waals surface area (Å²) >= 11 is 6.14. The van der Waals surface area contributed by atoms with Gasteiger partial charge in [0, 0.05) is 11.6 Å². The van der Waals surface area contributed by atoms with Crippen LogP contribution in [0.25, 0.3) is 0 Å². The smallest absolute Gasteiger partial charge is 0.130 e. The van der Waals surface area contributed by atoms with Gasteiger partial charge in [0.1, 0.15) is 11.5 Å². The van der Waals surface area contributed by atoms with Gasteiger partial charge in [-0.05, 0) is 35.2 Å². The van der Waals surface area contributed by atoms with Crippen LogP contribution in [0.5, 0.6) is 11.5 Å². The van der Waals surface area contributed by atoms with Crippen LogP contribution in [0.1, 0.15) is 30.9 Å². The minimum Gasteiger partial charge on any atom is -0.457 e. The Kier molecular flexibility index (Phi) is 4.46. The van der Waals surface area contributed by atoms with E-state index in [0.717, 1.165) is 17.1 Å². The number of para-hydroxylation sites is 1. The molecule has 100 valence electrons. The van der Waals surface area contributed by atoms with Gasteiger partial charge in [0.15, 0.2) is 0 Å². The monoisotopic (exact) mass is 275 g/mol. The van der Waals surface area contributed by atoms with Crippen molar-refractivity contribution < 1.29 is 4.74 Å². The van der Waals surface area contributed by atoms with Crippen LogP contribution in [0.3, 0.4) is 0 Å². The summed E-state index contributed by atoms with van der Waals surface area (Å²) in [4.78, 5) is 0. The summed E-state index contributed by atoms with van der Waals surface area (Å²) in [7, 11) is 0. The molecule has 0 aliphatic heterocycles. The Labute approximate surface area is 119 Å². The van der Waals surface area contributed by atoms with E-state index in [1.807, 2.05) is 30.3 Å². The average Bonchev–Trinajstić information content (AvgIpc) is 2.39. The van der Waals surface area contributed by atoms with Gasteiger partial charge >= 0.3 is 0 Å². The molecule has 2 aromatic rings. The predicted molar refractivity (Wildman–Crippen MR) is 79.9 cm³/mol. The third-order valence-corrected chi connectivity index (χ3v) is 3.37. The van der Waals surface area contributed by atoms with Crippen molar-refractivity contribution in [2.24, 2.45) is 5.73 Å². The number of hydrogen-bond donors (Lipinski definition) is 1. The fourth-order valence-electron chi connectivity index (χ4n) is 1.93. The minimum atomic E-state index is 0.412. The lowest BCUT2D eigenvalue weighted by atomic mass is 10.0. The first-order valence-electron chi connectivity index (χ1n) is 6.37.